The van der Waals surface area contributed by atoms with Gasteiger partial charge in [-0.2, -0.15) is 0 Å². The molecule has 0 nitrogen and oxygen atoms in total. The van der Waals surface area contributed by atoms with E-state index in [1.54, 1.807) is 5.57 Å². The maximum absolute atomic E-state index is 3.98. The van der Waals surface area contributed by atoms with Crippen LogP contribution in [-0.4, -0.2) is 0 Å². The molecule has 1 atom stereocenters. The zero-order valence-electron chi connectivity index (χ0n) is 22.8. The summed E-state index contributed by atoms with van der Waals surface area (Å²) in [6.45, 7) is 18.9. The molecule has 0 N–H and O–H groups in total. The molecule has 0 bridgehead atoms. The fourth-order valence-electron chi connectivity index (χ4n) is 5.95. The third-order valence-electron chi connectivity index (χ3n) is 7.70. The van der Waals surface area contributed by atoms with Crippen LogP contribution in [0.15, 0.2) is 64.8 Å². The van der Waals surface area contributed by atoms with Crippen LogP contribution in [0.25, 0.3) is 11.6 Å². The van der Waals surface area contributed by atoms with Gasteiger partial charge in [-0.25, -0.2) is 0 Å². The van der Waals surface area contributed by atoms with Gasteiger partial charge in [0.25, 0.3) is 0 Å². The largest absolute Gasteiger partial charge is 3.00 e. The average molecular weight is 588 g/mol. The summed E-state index contributed by atoms with van der Waals surface area (Å²) in [6.07, 6.45) is 19.3. The standard InChI is InChI=1S/C32H41.2ClH.Zr/c1-9-13-23-21-32(18-10-2,31(6,7)8)29(22-14-11-12-15-22)27-20-24-19-25(30(3,4)5)16-17-26(24)28(23)27;;;/h11-12,14,16-17,19,21H,9-10,13,15,18H2,1-8H3;2*1H;/q-1;;;+3/p-2. The normalized spacial score (nSPS) is 20.6. The van der Waals surface area contributed by atoms with Crippen molar-refractivity contribution >= 4 is 11.6 Å². The van der Waals surface area contributed by atoms with Crippen molar-refractivity contribution in [3.05, 3.63) is 80.8 Å². The van der Waals surface area contributed by atoms with Crippen LogP contribution in [0.1, 0.15) is 93.1 Å². The van der Waals surface area contributed by atoms with Crippen LogP contribution in [0.2, 0.25) is 0 Å². The van der Waals surface area contributed by atoms with Gasteiger partial charge in [0.2, 0.25) is 0 Å². The van der Waals surface area contributed by atoms with Crippen LogP contribution in [0.4, 0.5) is 0 Å². The number of allylic oxidation sites excluding steroid dienone is 8. The second-order valence-corrected chi connectivity index (χ2v) is 12.0. The monoisotopic (exact) mass is 585 g/mol. The molecule has 1 radical (unpaired) electrons. The fourth-order valence-corrected chi connectivity index (χ4v) is 5.95. The molecule has 1 unspecified atom stereocenters. The Labute approximate surface area is 245 Å². The van der Waals surface area contributed by atoms with Crippen molar-refractivity contribution in [2.24, 2.45) is 10.8 Å². The zero-order valence-corrected chi connectivity index (χ0v) is 26.8. The minimum Gasteiger partial charge on any atom is -1.00 e. The maximum atomic E-state index is 3.98. The molecular formula is C32H41Cl2Zr. The Kier molecular flexibility index (Phi) is 11.0. The fraction of sp³-hybridized carbons (Fsp3) is 0.500. The van der Waals surface area contributed by atoms with E-state index < -0.39 is 0 Å². The van der Waals surface area contributed by atoms with Crippen LogP contribution in [0, 0.1) is 10.8 Å². The molecule has 3 aliphatic rings. The summed E-state index contributed by atoms with van der Waals surface area (Å²) in [6, 6.07) is 7.11. The molecule has 0 heterocycles. The number of fused-ring (bicyclic) bond motifs is 2. The third-order valence-corrected chi connectivity index (χ3v) is 7.70. The summed E-state index contributed by atoms with van der Waals surface area (Å²) < 4.78 is 0. The van der Waals surface area contributed by atoms with Gasteiger partial charge in [0.05, 0.1) is 0 Å². The van der Waals surface area contributed by atoms with Gasteiger partial charge in [0.15, 0.2) is 0 Å². The van der Waals surface area contributed by atoms with E-state index in [2.05, 4.69) is 104 Å². The van der Waals surface area contributed by atoms with Crippen molar-refractivity contribution in [2.75, 3.05) is 0 Å². The van der Waals surface area contributed by atoms with Gasteiger partial charge in [-0.3, -0.25) is 0 Å². The first-order chi connectivity index (χ1) is 15.0. The number of hydrogen-bond donors (Lipinski definition) is 0. The number of benzene rings is 1. The van der Waals surface area contributed by atoms with Crippen LogP contribution < -0.4 is 35.3 Å². The van der Waals surface area contributed by atoms with Gasteiger partial charge in [0, 0.05) is 0 Å². The maximum Gasteiger partial charge on any atom is 3.00 e. The Morgan fingerprint density at radius 1 is 0.971 bits per heavy atom. The predicted octanol–water partition coefficient (Wildman–Crippen LogP) is 1.57. The van der Waals surface area contributed by atoms with Gasteiger partial charge < -0.3 is 24.8 Å². The van der Waals surface area contributed by atoms with Crippen LogP contribution >= 0.6 is 0 Å². The SMILES string of the molecule is CCCC1=CC(CCC)(C(C)(C)C)C(C2=CC=CC2)=C2[C-]=c3cc(C(C)(C)C)ccc3=C12.[Cl-].[Cl-].[Zr+3]. The molecule has 0 aromatic heterocycles. The van der Waals surface area contributed by atoms with Crippen LogP contribution in [0.3, 0.4) is 0 Å². The van der Waals surface area contributed by atoms with E-state index in [1.165, 1.54) is 57.6 Å². The van der Waals surface area contributed by atoms with E-state index in [1.807, 2.05) is 0 Å². The van der Waals surface area contributed by atoms with Gasteiger partial charge >= 0.3 is 26.2 Å². The molecule has 0 spiro atoms. The van der Waals surface area contributed by atoms with Gasteiger partial charge in [-0.15, -0.1) is 33.7 Å². The van der Waals surface area contributed by atoms with E-state index in [0.717, 1.165) is 12.8 Å². The molecule has 3 aliphatic carbocycles. The Morgan fingerprint density at radius 3 is 2.17 bits per heavy atom. The van der Waals surface area contributed by atoms with Crippen LogP contribution in [0.5, 0.6) is 0 Å². The summed E-state index contributed by atoms with van der Waals surface area (Å²) in [4.78, 5) is 0. The molecule has 0 saturated carbocycles. The first kappa shape index (κ1) is 32.4. The van der Waals surface area contributed by atoms with Crippen molar-refractivity contribution in [3.8, 4) is 0 Å². The van der Waals surface area contributed by atoms with Gasteiger partial charge in [-0.1, -0.05) is 127 Å². The number of rotatable bonds is 5. The summed E-state index contributed by atoms with van der Waals surface area (Å²) >= 11 is 0. The topological polar surface area (TPSA) is 0 Å². The molecule has 0 fully saturated rings. The van der Waals surface area contributed by atoms with E-state index >= 15 is 0 Å². The first-order valence-electron chi connectivity index (χ1n) is 12.7. The molecule has 0 amide bonds. The Morgan fingerprint density at radius 2 is 1.66 bits per heavy atom. The Bertz CT molecular complexity index is 1180. The quantitative estimate of drug-likeness (QED) is 0.459. The number of hydrogen-bond acceptors (Lipinski definition) is 0. The van der Waals surface area contributed by atoms with Gasteiger partial charge in [0.1, 0.15) is 0 Å². The summed E-state index contributed by atoms with van der Waals surface area (Å²) in [5.74, 6) is 0. The van der Waals surface area contributed by atoms with E-state index in [9.17, 15) is 0 Å². The first-order valence-corrected chi connectivity index (χ1v) is 12.7. The summed E-state index contributed by atoms with van der Waals surface area (Å²) in [5.41, 5.74) is 9.11. The van der Waals surface area contributed by atoms with Gasteiger partial charge in [-0.05, 0) is 35.5 Å². The van der Waals surface area contributed by atoms with Crippen LogP contribution in [-0.2, 0) is 31.6 Å². The molecule has 4 rings (SSSR count). The second-order valence-electron chi connectivity index (χ2n) is 12.0. The summed E-state index contributed by atoms with van der Waals surface area (Å²) in [7, 11) is 0. The molecule has 0 saturated heterocycles. The minimum absolute atomic E-state index is 0. The van der Waals surface area contributed by atoms with E-state index in [-0.39, 0.29) is 67.3 Å². The van der Waals surface area contributed by atoms with E-state index in [0.29, 0.717) is 0 Å². The van der Waals surface area contributed by atoms with Crippen molar-refractivity contribution in [1.82, 2.24) is 0 Å². The molecule has 1 aromatic rings. The average Bonchev–Trinajstić information content (AvgIpc) is 3.34. The number of halogens is 2. The van der Waals surface area contributed by atoms with Crippen molar-refractivity contribution in [2.45, 2.75) is 92.9 Å². The Balaban J connectivity index is 0.00000204. The summed E-state index contributed by atoms with van der Waals surface area (Å²) in [5, 5.41) is 2.67. The molecule has 1 aromatic carbocycles. The molecule has 187 valence electrons. The smallest absolute Gasteiger partial charge is 1.00 e. The van der Waals surface area contributed by atoms with Crippen molar-refractivity contribution < 1.29 is 51.0 Å². The molecule has 0 aliphatic heterocycles. The van der Waals surface area contributed by atoms with Crippen molar-refractivity contribution in [1.29, 1.82) is 0 Å². The van der Waals surface area contributed by atoms with Crippen molar-refractivity contribution in [3.63, 3.8) is 0 Å². The molecular weight excluding hydrogens is 546 g/mol. The zero-order chi connectivity index (χ0) is 23.3. The third kappa shape index (κ3) is 5.64. The second kappa shape index (κ2) is 11.8. The predicted molar refractivity (Wildman–Crippen MR) is 140 cm³/mol. The molecule has 3 heteroatoms. The minimum atomic E-state index is 0. The molecule has 35 heavy (non-hydrogen) atoms. The van der Waals surface area contributed by atoms with E-state index in [4.69, 9.17) is 0 Å². The Hall–Kier alpha value is -0.617.